The number of nitrogens with one attached hydrogen (secondary N) is 1. The number of hydrogen-bond donors (Lipinski definition) is 2. The van der Waals surface area contributed by atoms with Gasteiger partial charge in [0.25, 0.3) is 0 Å². The highest BCUT2D eigenvalue weighted by Crippen LogP contribution is 2.25. The molecule has 0 aromatic carbocycles. The van der Waals surface area contributed by atoms with Gasteiger partial charge in [0.1, 0.15) is 5.56 Å². The number of carboxylic acids is 1. The average Bonchev–Trinajstić information content (AvgIpc) is 2.69. The van der Waals surface area contributed by atoms with Crippen LogP contribution < -0.4 is 15.6 Å². The van der Waals surface area contributed by atoms with E-state index in [0.29, 0.717) is 19.6 Å². The second-order valence-electron chi connectivity index (χ2n) is 6.84. The first-order chi connectivity index (χ1) is 13.9. The van der Waals surface area contributed by atoms with Crippen LogP contribution in [0.5, 0.6) is 0 Å². The third kappa shape index (κ3) is 3.71. The van der Waals surface area contributed by atoms with Crippen molar-refractivity contribution in [3.8, 4) is 5.69 Å². The molecule has 0 aliphatic carbocycles. The smallest absolute Gasteiger partial charge is 0.341 e. The van der Waals surface area contributed by atoms with Gasteiger partial charge in [0.15, 0.2) is 23.1 Å². The number of aromatic nitrogens is 3. The van der Waals surface area contributed by atoms with Crippen molar-refractivity contribution in [3.63, 3.8) is 0 Å². The highest BCUT2D eigenvalue weighted by atomic mass is 35.5. The summed E-state index contributed by atoms with van der Waals surface area (Å²) in [6, 6.07) is 2.40. The van der Waals surface area contributed by atoms with Gasteiger partial charge < -0.3 is 15.3 Å². The van der Waals surface area contributed by atoms with E-state index in [-0.39, 0.29) is 41.0 Å². The molecule has 3 aromatic heterocycles. The number of rotatable bonds is 3. The Balaban J connectivity index is 0.00000256. The third-order valence-electron chi connectivity index (χ3n) is 4.82. The normalized spacial score (nSPS) is 16.4. The van der Waals surface area contributed by atoms with E-state index in [9.17, 15) is 23.5 Å². The minimum Gasteiger partial charge on any atom is -0.477 e. The molecule has 1 unspecified atom stereocenters. The lowest BCUT2D eigenvalue weighted by molar-refractivity contribution is 0.0695. The first-order valence-corrected chi connectivity index (χ1v) is 8.94. The van der Waals surface area contributed by atoms with Crippen LogP contribution in [0.1, 0.15) is 17.3 Å². The van der Waals surface area contributed by atoms with Gasteiger partial charge in [-0.25, -0.2) is 18.6 Å². The molecule has 11 heteroatoms. The lowest BCUT2D eigenvalue weighted by Gasteiger charge is -2.33. The van der Waals surface area contributed by atoms with E-state index in [0.717, 1.165) is 23.0 Å². The number of piperazine rings is 1. The Kier molecular flexibility index (Phi) is 5.99. The predicted molar refractivity (Wildman–Crippen MR) is 109 cm³/mol. The van der Waals surface area contributed by atoms with Gasteiger partial charge in [-0.15, -0.1) is 12.4 Å². The Labute approximate surface area is 175 Å². The van der Waals surface area contributed by atoms with Crippen LogP contribution in [0, 0.1) is 11.6 Å². The molecule has 0 amide bonds. The molecule has 1 aliphatic rings. The molecule has 0 bridgehead atoms. The zero-order valence-corrected chi connectivity index (χ0v) is 16.6. The van der Waals surface area contributed by atoms with Crippen molar-refractivity contribution in [2.75, 3.05) is 24.5 Å². The summed E-state index contributed by atoms with van der Waals surface area (Å²) in [5, 5.41) is 12.4. The molecule has 1 fully saturated rings. The predicted octanol–water partition coefficient (Wildman–Crippen LogP) is 1.98. The molecular formula is C19H18ClF2N5O3. The lowest BCUT2D eigenvalue weighted by Crippen LogP contribution is -2.49. The molecule has 1 atom stereocenters. The number of carboxylic acid groups (broad SMARTS) is 1. The van der Waals surface area contributed by atoms with Crippen molar-refractivity contribution in [1.29, 1.82) is 0 Å². The number of aromatic carboxylic acids is 1. The van der Waals surface area contributed by atoms with Crippen LogP contribution in [-0.2, 0) is 0 Å². The van der Waals surface area contributed by atoms with Crippen LogP contribution in [0.3, 0.4) is 0 Å². The second kappa shape index (κ2) is 8.33. The standard InChI is InChI=1S/C19H17F2N5O3.ClH/c1-10-8-25(5-4-23-10)18-13(20)6-11-16(27)12(19(28)29)9-26(17(11)24-18)15-2-3-22-7-14(15)21;/h2-3,6-7,9-10,23H,4-5,8H2,1H3,(H,28,29);1H. The fourth-order valence-electron chi connectivity index (χ4n) is 3.46. The Morgan fingerprint density at radius 2 is 2.10 bits per heavy atom. The Morgan fingerprint density at radius 3 is 2.77 bits per heavy atom. The molecule has 0 radical (unpaired) electrons. The highest BCUT2D eigenvalue weighted by molar-refractivity contribution is 5.92. The van der Waals surface area contributed by atoms with Crippen molar-refractivity contribution in [3.05, 3.63) is 58.1 Å². The topological polar surface area (TPSA) is 100 Å². The van der Waals surface area contributed by atoms with E-state index < -0.39 is 28.6 Å². The molecule has 30 heavy (non-hydrogen) atoms. The van der Waals surface area contributed by atoms with Gasteiger partial charge in [-0.2, -0.15) is 0 Å². The lowest BCUT2D eigenvalue weighted by atomic mass is 10.1. The van der Waals surface area contributed by atoms with E-state index in [2.05, 4.69) is 15.3 Å². The average molecular weight is 438 g/mol. The molecule has 3 aromatic rings. The van der Waals surface area contributed by atoms with Crippen molar-refractivity contribution < 1.29 is 18.7 Å². The summed E-state index contributed by atoms with van der Waals surface area (Å²) in [6.07, 6.45) is 3.29. The molecule has 1 aliphatic heterocycles. The van der Waals surface area contributed by atoms with Crippen LogP contribution in [0.25, 0.3) is 16.7 Å². The van der Waals surface area contributed by atoms with E-state index in [1.165, 1.54) is 12.3 Å². The van der Waals surface area contributed by atoms with Crippen molar-refractivity contribution >= 4 is 35.2 Å². The van der Waals surface area contributed by atoms with Crippen molar-refractivity contribution in [2.24, 2.45) is 0 Å². The SMILES string of the molecule is CC1CN(c2nc3c(cc2F)c(=O)c(C(=O)O)cn3-c2ccncc2F)CCN1.Cl. The monoisotopic (exact) mass is 437 g/mol. The van der Waals surface area contributed by atoms with Gasteiger partial charge in [0, 0.05) is 38.1 Å². The summed E-state index contributed by atoms with van der Waals surface area (Å²) >= 11 is 0. The molecule has 158 valence electrons. The molecule has 0 saturated carbocycles. The number of carbonyl (C=O) groups is 1. The molecule has 2 N–H and O–H groups in total. The van der Waals surface area contributed by atoms with Gasteiger partial charge in [0.2, 0.25) is 5.43 Å². The zero-order chi connectivity index (χ0) is 20.7. The number of halogens is 3. The number of pyridine rings is 3. The number of anilines is 1. The van der Waals surface area contributed by atoms with Gasteiger partial charge >= 0.3 is 5.97 Å². The first-order valence-electron chi connectivity index (χ1n) is 8.94. The summed E-state index contributed by atoms with van der Waals surface area (Å²) in [5.74, 6) is -2.96. The van der Waals surface area contributed by atoms with Crippen molar-refractivity contribution in [2.45, 2.75) is 13.0 Å². The van der Waals surface area contributed by atoms with Gasteiger partial charge in [-0.05, 0) is 19.1 Å². The summed E-state index contributed by atoms with van der Waals surface area (Å²) in [7, 11) is 0. The summed E-state index contributed by atoms with van der Waals surface area (Å²) < 4.78 is 30.4. The number of hydrogen-bond acceptors (Lipinski definition) is 6. The summed E-state index contributed by atoms with van der Waals surface area (Å²) in [6.45, 7) is 3.58. The minimum atomic E-state index is -1.50. The van der Waals surface area contributed by atoms with Gasteiger partial charge in [0.05, 0.1) is 17.3 Å². The van der Waals surface area contributed by atoms with Crippen LogP contribution in [-0.4, -0.2) is 51.3 Å². The van der Waals surface area contributed by atoms with E-state index in [4.69, 9.17) is 0 Å². The van der Waals surface area contributed by atoms with Gasteiger partial charge in [-0.1, -0.05) is 0 Å². The van der Waals surface area contributed by atoms with Crippen LogP contribution in [0.15, 0.2) is 35.5 Å². The number of nitrogens with zero attached hydrogens (tertiary/aromatic N) is 4. The van der Waals surface area contributed by atoms with E-state index >= 15 is 0 Å². The van der Waals surface area contributed by atoms with E-state index in [1.807, 2.05) is 6.92 Å². The Hall–Kier alpha value is -3.11. The molecule has 0 spiro atoms. The maximum atomic E-state index is 14.9. The van der Waals surface area contributed by atoms with E-state index in [1.54, 1.807) is 4.90 Å². The highest BCUT2D eigenvalue weighted by Gasteiger charge is 2.24. The quantitative estimate of drug-likeness (QED) is 0.646. The molecular weight excluding hydrogens is 420 g/mol. The number of fused-ring (bicyclic) bond motifs is 1. The zero-order valence-electron chi connectivity index (χ0n) is 15.8. The van der Waals surface area contributed by atoms with Crippen LogP contribution in [0.4, 0.5) is 14.6 Å². The summed E-state index contributed by atoms with van der Waals surface area (Å²) in [5.41, 5.74) is -1.58. The maximum Gasteiger partial charge on any atom is 0.341 e. The second-order valence-corrected chi connectivity index (χ2v) is 6.84. The first kappa shape index (κ1) is 21.6. The third-order valence-corrected chi connectivity index (χ3v) is 4.82. The minimum absolute atomic E-state index is 0. The van der Waals surface area contributed by atoms with Crippen LogP contribution >= 0.6 is 12.4 Å². The fraction of sp³-hybridized carbons (Fsp3) is 0.263. The van der Waals surface area contributed by atoms with Crippen LogP contribution in [0.2, 0.25) is 0 Å². The molecule has 4 rings (SSSR count). The maximum absolute atomic E-state index is 14.9. The molecule has 1 saturated heterocycles. The van der Waals surface area contributed by atoms with Gasteiger partial charge in [-0.3, -0.25) is 14.3 Å². The molecule has 8 nitrogen and oxygen atoms in total. The van der Waals surface area contributed by atoms with Crippen molar-refractivity contribution in [1.82, 2.24) is 19.9 Å². The Morgan fingerprint density at radius 1 is 1.33 bits per heavy atom. The largest absolute Gasteiger partial charge is 0.477 e. The Bertz CT molecular complexity index is 1190. The fourth-order valence-corrected chi connectivity index (χ4v) is 3.46. The summed E-state index contributed by atoms with van der Waals surface area (Å²) in [4.78, 5) is 33.8. The molecule has 4 heterocycles.